The summed E-state index contributed by atoms with van der Waals surface area (Å²) in [7, 11) is 0. The lowest BCUT2D eigenvalue weighted by Gasteiger charge is -2.48. The van der Waals surface area contributed by atoms with Gasteiger partial charge in [0.2, 0.25) is 0 Å². The third-order valence-corrected chi connectivity index (χ3v) is 4.97. The first-order valence-electron chi connectivity index (χ1n) is 7.79. The van der Waals surface area contributed by atoms with E-state index in [-0.39, 0.29) is 22.3 Å². The number of rotatable bonds is 2. The maximum atomic E-state index is 13.3. The van der Waals surface area contributed by atoms with E-state index in [9.17, 15) is 14.0 Å². The monoisotopic (exact) mass is 339 g/mol. The van der Waals surface area contributed by atoms with E-state index in [0.29, 0.717) is 0 Å². The van der Waals surface area contributed by atoms with Gasteiger partial charge < -0.3 is 16.0 Å². The van der Waals surface area contributed by atoms with Crippen LogP contribution in [0.3, 0.4) is 0 Å². The summed E-state index contributed by atoms with van der Waals surface area (Å²) in [6.45, 7) is 0.842. The number of anilines is 1. The summed E-state index contributed by atoms with van der Waals surface area (Å²) < 4.78 is 13.3. The first-order chi connectivity index (χ1) is 11.0. The minimum Gasteiger partial charge on any atom is -0.345 e. The van der Waals surface area contributed by atoms with Crippen molar-refractivity contribution in [1.29, 1.82) is 0 Å². The van der Waals surface area contributed by atoms with Gasteiger partial charge >= 0.3 is 11.8 Å². The Morgan fingerprint density at radius 1 is 1.30 bits per heavy atom. The van der Waals surface area contributed by atoms with Crippen molar-refractivity contribution >= 4 is 29.1 Å². The largest absolute Gasteiger partial charge is 0.345 e. The van der Waals surface area contributed by atoms with Crippen LogP contribution in [0.15, 0.2) is 18.2 Å². The van der Waals surface area contributed by atoms with E-state index in [2.05, 4.69) is 16.0 Å². The van der Waals surface area contributed by atoms with Crippen LogP contribution in [-0.2, 0) is 9.59 Å². The molecule has 0 aromatic heterocycles. The number of carbonyl (C=O) groups excluding carboxylic acids is 2. The fourth-order valence-electron chi connectivity index (χ4n) is 3.28. The van der Waals surface area contributed by atoms with Crippen LogP contribution in [0.4, 0.5) is 10.1 Å². The third-order valence-electron chi connectivity index (χ3n) is 4.66. The Kier molecular flexibility index (Phi) is 4.55. The average molecular weight is 340 g/mol. The molecule has 1 heterocycles. The summed E-state index contributed by atoms with van der Waals surface area (Å²) in [4.78, 5) is 24.0. The zero-order valence-electron chi connectivity index (χ0n) is 12.6. The van der Waals surface area contributed by atoms with E-state index < -0.39 is 17.6 Å². The summed E-state index contributed by atoms with van der Waals surface area (Å²) in [6.07, 6.45) is 5.10. The summed E-state index contributed by atoms with van der Waals surface area (Å²) in [5, 5.41) is 8.64. The molecule has 1 aliphatic carbocycles. The minimum absolute atomic E-state index is 0.00301. The predicted octanol–water partition coefficient (Wildman–Crippen LogP) is 2.21. The second-order valence-corrected chi connectivity index (χ2v) is 6.71. The van der Waals surface area contributed by atoms with Gasteiger partial charge in [-0.2, -0.15) is 0 Å². The minimum atomic E-state index is -0.798. The van der Waals surface area contributed by atoms with Crippen molar-refractivity contribution in [3.63, 3.8) is 0 Å². The SMILES string of the molecule is O=C(Nc1ccc(Cl)c(F)c1)C(=O)NC1CCNC2(CCC2)C1. The Labute approximate surface area is 139 Å². The van der Waals surface area contributed by atoms with Gasteiger partial charge in [0.25, 0.3) is 0 Å². The molecular formula is C16H19ClFN3O2. The number of piperidine rings is 1. The molecule has 124 valence electrons. The topological polar surface area (TPSA) is 70.2 Å². The lowest BCUT2D eigenvalue weighted by molar-refractivity contribution is -0.136. The first kappa shape index (κ1) is 16.2. The van der Waals surface area contributed by atoms with Gasteiger partial charge in [-0.25, -0.2) is 4.39 Å². The number of nitrogens with one attached hydrogen (secondary N) is 3. The maximum Gasteiger partial charge on any atom is 0.313 e. The second kappa shape index (κ2) is 6.45. The molecule has 1 atom stereocenters. The van der Waals surface area contributed by atoms with Crippen molar-refractivity contribution in [3.8, 4) is 0 Å². The Morgan fingerprint density at radius 3 is 2.74 bits per heavy atom. The molecule has 1 aromatic carbocycles. The molecule has 1 saturated carbocycles. The molecular weight excluding hydrogens is 321 g/mol. The fraction of sp³-hybridized carbons (Fsp3) is 0.500. The van der Waals surface area contributed by atoms with E-state index in [1.807, 2.05) is 0 Å². The van der Waals surface area contributed by atoms with E-state index >= 15 is 0 Å². The molecule has 3 N–H and O–H groups in total. The van der Waals surface area contributed by atoms with Crippen LogP contribution < -0.4 is 16.0 Å². The molecule has 2 aliphatic rings. The van der Waals surface area contributed by atoms with E-state index in [0.717, 1.165) is 38.3 Å². The first-order valence-corrected chi connectivity index (χ1v) is 8.17. The highest BCUT2D eigenvalue weighted by Gasteiger charge is 2.41. The summed E-state index contributed by atoms with van der Waals surface area (Å²) in [5.41, 5.74) is 0.347. The molecule has 1 saturated heterocycles. The summed E-state index contributed by atoms with van der Waals surface area (Å²) in [5.74, 6) is -2.13. The quantitative estimate of drug-likeness (QED) is 0.723. The van der Waals surface area contributed by atoms with Crippen LogP contribution >= 0.6 is 11.6 Å². The highest BCUT2D eigenvalue weighted by Crippen LogP contribution is 2.38. The number of halogens is 2. The summed E-state index contributed by atoms with van der Waals surface area (Å²) >= 11 is 5.58. The molecule has 0 radical (unpaired) electrons. The Hall–Kier alpha value is -1.66. The van der Waals surface area contributed by atoms with Crippen molar-refractivity contribution in [2.24, 2.45) is 0 Å². The maximum absolute atomic E-state index is 13.3. The van der Waals surface area contributed by atoms with E-state index in [4.69, 9.17) is 11.6 Å². The molecule has 23 heavy (non-hydrogen) atoms. The standard InChI is InChI=1S/C16H19ClFN3O2/c17-12-3-2-10(8-13(12)18)20-14(22)15(23)21-11-4-7-19-16(9-11)5-1-6-16/h2-3,8,11,19H,1,4-7,9H2,(H,20,22)(H,21,23). The zero-order chi connectivity index (χ0) is 16.4. The van der Waals surface area contributed by atoms with Gasteiger partial charge in [0.05, 0.1) is 5.02 Å². The lowest BCUT2D eigenvalue weighted by Crippen LogP contribution is -2.60. The van der Waals surface area contributed by atoms with Crippen molar-refractivity contribution in [2.75, 3.05) is 11.9 Å². The molecule has 1 aliphatic heterocycles. The second-order valence-electron chi connectivity index (χ2n) is 6.31. The number of hydrogen-bond donors (Lipinski definition) is 3. The number of benzene rings is 1. The number of amides is 2. The van der Waals surface area contributed by atoms with Crippen LogP contribution in [0.5, 0.6) is 0 Å². The van der Waals surface area contributed by atoms with Crippen LogP contribution in [0.25, 0.3) is 0 Å². The molecule has 5 nitrogen and oxygen atoms in total. The number of carbonyl (C=O) groups is 2. The van der Waals surface area contributed by atoms with Crippen molar-refractivity contribution in [3.05, 3.63) is 29.0 Å². The smallest absolute Gasteiger partial charge is 0.313 e. The highest BCUT2D eigenvalue weighted by molar-refractivity contribution is 6.39. The Balaban J connectivity index is 1.55. The van der Waals surface area contributed by atoms with E-state index in [1.54, 1.807) is 0 Å². The van der Waals surface area contributed by atoms with Gasteiger partial charge in [0.1, 0.15) is 5.82 Å². The molecule has 1 spiro atoms. The van der Waals surface area contributed by atoms with Gasteiger partial charge in [0.15, 0.2) is 0 Å². The fourth-order valence-corrected chi connectivity index (χ4v) is 3.40. The van der Waals surface area contributed by atoms with Crippen LogP contribution in [0.2, 0.25) is 5.02 Å². The van der Waals surface area contributed by atoms with Crippen molar-refractivity contribution in [2.45, 2.75) is 43.7 Å². The van der Waals surface area contributed by atoms with Gasteiger partial charge in [-0.05, 0) is 56.8 Å². The third kappa shape index (κ3) is 3.64. The van der Waals surface area contributed by atoms with Gasteiger partial charge in [0, 0.05) is 17.3 Å². The number of hydrogen-bond acceptors (Lipinski definition) is 3. The molecule has 2 amide bonds. The van der Waals surface area contributed by atoms with Gasteiger partial charge in [-0.3, -0.25) is 9.59 Å². The average Bonchev–Trinajstić information content (AvgIpc) is 2.49. The van der Waals surface area contributed by atoms with E-state index in [1.165, 1.54) is 18.6 Å². The summed E-state index contributed by atoms with van der Waals surface area (Å²) in [6, 6.07) is 3.86. The molecule has 0 bridgehead atoms. The Bertz CT molecular complexity index is 634. The molecule has 1 unspecified atom stereocenters. The molecule has 2 fully saturated rings. The molecule has 3 rings (SSSR count). The van der Waals surface area contributed by atoms with Crippen molar-refractivity contribution < 1.29 is 14.0 Å². The van der Waals surface area contributed by atoms with Gasteiger partial charge in [-0.1, -0.05) is 11.6 Å². The highest BCUT2D eigenvalue weighted by atomic mass is 35.5. The predicted molar refractivity (Wildman–Crippen MR) is 85.8 cm³/mol. The molecule has 7 heteroatoms. The molecule has 1 aromatic rings. The van der Waals surface area contributed by atoms with Crippen LogP contribution in [0, 0.1) is 5.82 Å². The normalized spacial score (nSPS) is 22.3. The van der Waals surface area contributed by atoms with Crippen LogP contribution in [0.1, 0.15) is 32.1 Å². The lowest BCUT2D eigenvalue weighted by atomic mass is 9.70. The van der Waals surface area contributed by atoms with Gasteiger partial charge in [-0.15, -0.1) is 0 Å². The van der Waals surface area contributed by atoms with Crippen molar-refractivity contribution in [1.82, 2.24) is 10.6 Å². The zero-order valence-corrected chi connectivity index (χ0v) is 13.4. The Morgan fingerprint density at radius 2 is 2.09 bits per heavy atom. The van der Waals surface area contributed by atoms with Crippen LogP contribution in [-0.4, -0.2) is 29.9 Å².